The lowest BCUT2D eigenvalue weighted by atomic mass is 10.1. The third-order valence-electron chi connectivity index (χ3n) is 5.77. The van der Waals surface area contributed by atoms with E-state index in [-0.39, 0.29) is 16.5 Å². The van der Waals surface area contributed by atoms with Gasteiger partial charge in [-0.3, -0.25) is 9.52 Å². The normalized spacial score (nSPS) is 14.6. The van der Waals surface area contributed by atoms with Gasteiger partial charge >= 0.3 is 0 Å². The minimum Gasteiger partial charge on any atom is -0.381 e. The van der Waals surface area contributed by atoms with Crippen LogP contribution in [0.2, 0.25) is 0 Å². The van der Waals surface area contributed by atoms with Gasteiger partial charge < -0.3 is 15.0 Å². The Labute approximate surface area is 198 Å². The number of hydrogen-bond donors (Lipinski definition) is 2. The third-order valence-corrected chi connectivity index (χ3v) is 7.15. The zero-order valence-corrected chi connectivity index (χ0v) is 19.5. The molecular formula is C25H26FN3O4S. The van der Waals surface area contributed by atoms with Crippen LogP contribution in [-0.2, 0) is 14.8 Å². The third kappa shape index (κ3) is 5.73. The molecule has 0 atom stereocenters. The molecule has 0 saturated carbocycles. The Hall–Kier alpha value is -3.43. The van der Waals surface area contributed by atoms with E-state index in [1.165, 1.54) is 42.5 Å². The summed E-state index contributed by atoms with van der Waals surface area (Å²) >= 11 is 0. The predicted molar refractivity (Wildman–Crippen MR) is 130 cm³/mol. The number of hydrogen-bond acceptors (Lipinski definition) is 5. The van der Waals surface area contributed by atoms with Crippen LogP contribution in [0.15, 0.2) is 77.7 Å². The number of rotatable bonds is 7. The van der Waals surface area contributed by atoms with Crippen LogP contribution >= 0.6 is 0 Å². The van der Waals surface area contributed by atoms with E-state index in [0.717, 1.165) is 37.7 Å². The Balaban J connectivity index is 1.36. The molecule has 1 heterocycles. The first kappa shape index (κ1) is 23.7. The molecule has 0 aliphatic carbocycles. The average Bonchev–Trinajstić information content (AvgIpc) is 2.85. The number of benzene rings is 3. The fourth-order valence-electron chi connectivity index (χ4n) is 3.85. The Morgan fingerprint density at radius 1 is 0.971 bits per heavy atom. The topological polar surface area (TPSA) is 87.7 Å². The van der Waals surface area contributed by atoms with Gasteiger partial charge in [0.05, 0.1) is 11.0 Å². The fraction of sp³-hybridized carbons (Fsp3) is 0.240. The van der Waals surface area contributed by atoms with E-state index in [2.05, 4.69) is 14.9 Å². The number of carbonyl (C=O) groups excluding carboxylic acids is 1. The quantitative estimate of drug-likeness (QED) is 0.517. The minimum absolute atomic E-state index is 0.180. The smallest absolute Gasteiger partial charge is 0.261 e. The molecule has 34 heavy (non-hydrogen) atoms. The first-order chi connectivity index (χ1) is 16.3. The SMILES string of the molecule is COC1CCN(c2ccc(NC(=O)c3ccc(NS(=O)(=O)c4cccc(F)c4)cc3)cc2)CC1. The van der Waals surface area contributed by atoms with Crippen LogP contribution in [0, 0.1) is 5.82 Å². The summed E-state index contributed by atoms with van der Waals surface area (Å²) < 4.78 is 46.0. The lowest BCUT2D eigenvalue weighted by molar-refractivity contribution is 0.0819. The number of nitrogens with one attached hydrogen (secondary N) is 2. The molecule has 3 aromatic carbocycles. The van der Waals surface area contributed by atoms with Crippen LogP contribution in [0.4, 0.5) is 21.5 Å². The fourth-order valence-corrected chi connectivity index (χ4v) is 4.94. The van der Waals surface area contributed by atoms with Crippen molar-refractivity contribution in [3.05, 3.63) is 84.2 Å². The molecule has 1 aliphatic heterocycles. The molecule has 1 fully saturated rings. The van der Waals surface area contributed by atoms with Crippen LogP contribution in [-0.4, -0.2) is 40.6 Å². The van der Waals surface area contributed by atoms with Crippen molar-refractivity contribution in [3.63, 3.8) is 0 Å². The second kappa shape index (κ2) is 10.2. The number of ether oxygens (including phenoxy) is 1. The number of sulfonamides is 1. The second-order valence-electron chi connectivity index (χ2n) is 8.06. The highest BCUT2D eigenvalue weighted by molar-refractivity contribution is 7.92. The van der Waals surface area contributed by atoms with Gasteiger partial charge in [-0.2, -0.15) is 0 Å². The van der Waals surface area contributed by atoms with E-state index in [1.807, 2.05) is 24.3 Å². The van der Waals surface area contributed by atoms with E-state index >= 15 is 0 Å². The van der Waals surface area contributed by atoms with E-state index in [1.54, 1.807) is 7.11 Å². The summed E-state index contributed by atoms with van der Waals surface area (Å²) in [7, 11) is -2.19. The number of carbonyl (C=O) groups is 1. The van der Waals surface area contributed by atoms with Gasteiger partial charge in [-0.05, 0) is 79.6 Å². The lowest BCUT2D eigenvalue weighted by Crippen LogP contribution is -2.36. The molecule has 0 radical (unpaired) electrons. The number of nitrogens with zero attached hydrogens (tertiary/aromatic N) is 1. The molecule has 0 aromatic heterocycles. The molecular weight excluding hydrogens is 457 g/mol. The molecule has 1 aliphatic rings. The minimum atomic E-state index is -3.94. The van der Waals surface area contributed by atoms with E-state index in [4.69, 9.17) is 4.74 Å². The standard InChI is InChI=1S/C25H26FN3O4S/c1-33-23-13-15-29(16-14-23)22-11-9-20(10-12-22)27-25(30)18-5-7-21(8-6-18)28-34(31,32)24-4-2-3-19(26)17-24/h2-12,17,23,28H,13-16H2,1H3,(H,27,30). The summed E-state index contributed by atoms with van der Waals surface area (Å²) in [6.45, 7) is 1.86. The molecule has 0 bridgehead atoms. The van der Waals surface area contributed by atoms with E-state index < -0.39 is 15.8 Å². The molecule has 2 N–H and O–H groups in total. The van der Waals surface area contributed by atoms with Gasteiger partial charge in [0.1, 0.15) is 5.82 Å². The van der Waals surface area contributed by atoms with Crippen LogP contribution in [0.25, 0.3) is 0 Å². The van der Waals surface area contributed by atoms with Crippen LogP contribution < -0.4 is 14.9 Å². The number of piperidine rings is 1. The average molecular weight is 484 g/mol. The van der Waals surface area contributed by atoms with Gasteiger partial charge in [0, 0.05) is 42.8 Å². The molecule has 4 rings (SSSR count). The first-order valence-electron chi connectivity index (χ1n) is 10.9. The molecule has 1 amide bonds. The molecule has 1 saturated heterocycles. The monoisotopic (exact) mass is 483 g/mol. The number of amides is 1. The summed E-state index contributed by atoms with van der Waals surface area (Å²) in [5.74, 6) is -0.952. The molecule has 0 spiro atoms. The molecule has 3 aromatic rings. The Morgan fingerprint density at radius 3 is 2.24 bits per heavy atom. The van der Waals surface area contributed by atoms with Crippen molar-refractivity contribution in [1.29, 1.82) is 0 Å². The first-order valence-corrected chi connectivity index (χ1v) is 12.4. The molecule has 9 heteroatoms. The van der Waals surface area contributed by atoms with Gasteiger partial charge in [0.15, 0.2) is 0 Å². The lowest BCUT2D eigenvalue weighted by Gasteiger charge is -2.33. The van der Waals surface area contributed by atoms with Crippen molar-refractivity contribution < 1.29 is 22.3 Å². The number of halogens is 1. The van der Waals surface area contributed by atoms with Crippen molar-refractivity contribution >= 4 is 33.0 Å². The maximum atomic E-state index is 13.4. The Bertz CT molecular complexity index is 1240. The second-order valence-corrected chi connectivity index (χ2v) is 9.75. The maximum Gasteiger partial charge on any atom is 0.261 e. The maximum absolute atomic E-state index is 13.4. The summed E-state index contributed by atoms with van der Waals surface area (Å²) in [6, 6.07) is 18.4. The van der Waals surface area contributed by atoms with Gasteiger partial charge in [0.25, 0.3) is 15.9 Å². The van der Waals surface area contributed by atoms with Gasteiger partial charge in [-0.1, -0.05) is 6.07 Å². The Morgan fingerprint density at radius 2 is 1.62 bits per heavy atom. The highest BCUT2D eigenvalue weighted by Crippen LogP contribution is 2.23. The van der Waals surface area contributed by atoms with Gasteiger partial charge in [0.2, 0.25) is 0 Å². The summed E-state index contributed by atoms with van der Waals surface area (Å²) in [5, 5.41) is 2.85. The van der Waals surface area contributed by atoms with Crippen molar-refractivity contribution in [2.24, 2.45) is 0 Å². The van der Waals surface area contributed by atoms with Crippen molar-refractivity contribution in [3.8, 4) is 0 Å². The highest BCUT2D eigenvalue weighted by atomic mass is 32.2. The van der Waals surface area contributed by atoms with E-state index in [9.17, 15) is 17.6 Å². The molecule has 7 nitrogen and oxygen atoms in total. The van der Waals surface area contributed by atoms with Crippen molar-refractivity contribution in [2.45, 2.75) is 23.8 Å². The van der Waals surface area contributed by atoms with Crippen molar-refractivity contribution in [1.82, 2.24) is 0 Å². The van der Waals surface area contributed by atoms with E-state index in [0.29, 0.717) is 17.4 Å². The number of methoxy groups -OCH3 is 1. The largest absolute Gasteiger partial charge is 0.381 e. The van der Waals surface area contributed by atoms with Crippen molar-refractivity contribution in [2.75, 3.05) is 35.1 Å². The zero-order chi connectivity index (χ0) is 24.1. The molecule has 0 unspecified atom stereocenters. The molecule has 178 valence electrons. The number of anilines is 3. The predicted octanol–water partition coefficient (Wildman–Crippen LogP) is 4.49. The summed E-state index contributed by atoms with van der Waals surface area (Å²) in [5.41, 5.74) is 2.40. The van der Waals surface area contributed by atoms with Gasteiger partial charge in [-0.25, -0.2) is 12.8 Å². The van der Waals surface area contributed by atoms with Gasteiger partial charge in [-0.15, -0.1) is 0 Å². The summed E-state index contributed by atoms with van der Waals surface area (Å²) in [6.07, 6.45) is 2.30. The zero-order valence-electron chi connectivity index (χ0n) is 18.7. The highest BCUT2D eigenvalue weighted by Gasteiger charge is 2.19. The van der Waals surface area contributed by atoms with Crippen LogP contribution in [0.1, 0.15) is 23.2 Å². The van der Waals surface area contributed by atoms with Crippen LogP contribution in [0.3, 0.4) is 0 Å². The Kier molecular flexibility index (Phi) is 7.14. The summed E-state index contributed by atoms with van der Waals surface area (Å²) in [4.78, 5) is 14.7. The van der Waals surface area contributed by atoms with Crippen LogP contribution in [0.5, 0.6) is 0 Å².